The van der Waals surface area contributed by atoms with Gasteiger partial charge in [-0.2, -0.15) is 13.2 Å². The lowest BCUT2D eigenvalue weighted by atomic mass is 10.1. The lowest BCUT2D eigenvalue weighted by Crippen LogP contribution is -2.04. The highest BCUT2D eigenvalue weighted by Crippen LogP contribution is 2.29. The van der Waals surface area contributed by atoms with Crippen molar-refractivity contribution in [1.29, 1.82) is 0 Å². The van der Waals surface area contributed by atoms with E-state index < -0.39 is 17.7 Å². The van der Waals surface area contributed by atoms with Gasteiger partial charge in [-0.25, -0.2) is 4.79 Å². The molecule has 1 N–H and O–H groups in total. The number of rotatable bonds is 2. The summed E-state index contributed by atoms with van der Waals surface area (Å²) in [4.78, 5) is 10.4. The Hall–Kier alpha value is -1.78. The minimum Gasteiger partial charge on any atom is -0.478 e. The molecule has 0 aliphatic rings. The summed E-state index contributed by atoms with van der Waals surface area (Å²) in [7, 11) is 0. The number of aliphatic carboxylic acids is 1. The number of carbonyl (C=O) groups is 1. The van der Waals surface area contributed by atoms with Crippen LogP contribution in [0.1, 0.15) is 18.1 Å². The summed E-state index contributed by atoms with van der Waals surface area (Å²) in [6.45, 7) is 1.52. The quantitative estimate of drug-likeness (QED) is 0.792. The molecule has 1 rings (SSSR count). The lowest BCUT2D eigenvalue weighted by molar-refractivity contribution is -0.137. The van der Waals surface area contributed by atoms with Crippen molar-refractivity contribution in [3.05, 3.63) is 41.5 Å². The van der Waals surface area contributed by atoms with Gasteiger partial charge in [0.25, 0.3) is 0 Å². The van der Waals surface area contributed by atoms with Crippen molar-refractivity contribution in [2.45, 2.75) is 13.1 Å². The average molecular weight is 230 g/mol. The van der Waals surface area contributed by atoms with Crippen molar-refractivity contribution in [2.75, 3.05) is 0 Å². The molecule has 0 aromatic heterocycles. The van der Waals surface area contributed by atoms with E-state index in [0.717, 1.165) is 18.2 Å². The number of carboxylic acid groups (broad SMARTS) is 1. The second-order valence-electron chi connectivity index (χ2n) is 3.24. The number of allylic oxidation sites excluding steroid dienone is 1. The summed E-state index contributed by atoms with van der Waals surface area (Å²) >= 11 is 0. The van der Waals surface area contributed by atoms with E-state index in [4.69, 9.17) is 5.11 Å². The largest absolute Gasteiger partial charge is 0.478 e. The Balaban J connectivity index is 3.00. The van der Waals surface area contributed by atoms with Crippen molar-refractivity contribution < 1.29 is 23.1 Å². The zero-order valence-electron chi connectivity index (χ0n) is 8.38. The van der Waals surface area contributed by atoms with Crippen molar-refractivity contribution in [3.8, 4) is 0 Å². The van der Waals surface area contributed by atoms with Gasteiger partial charge in [0.05, 0.1) is 5.56 Å². The summed E-state index contributed by atoms with van der Waals surface area (Å²) < 4.78 is 36.7. The highest BCUT2D eigenvalue weighted by molar-refractivity contribution is 5.89. The van der Waals surface area contributed by atoms with Crippen LogP contribution in [-0.2, 0) is 11.0 Å². The molecule has 0 amide bonds. The van der Waals surface area contributed by atoms with Crippen LogP contribution in [0, 0.1) is 0 Å². The van der Waals surface area contributed by atoms with E-state index in [1.807, 2.05) is 0 Å². The molecule has 0 saturated heterocycles. The third kappa shape index (κ3) is 3.12. The molecule has 0 atom stereocenters. The van der Waals surface area contributed by atoms with Crippen LogP contribution >= 0.6 is 0 Å². The molecule has 0 aliphatic carbocycles. The Labute approximate surface area is 90.0 Å². The average Bonchev–Trinajstić information content (AvgIpc) is 2.15. The van der Waals surface area contributed by atoms with E-state index in [9.17, 15) is 18.0 Å². The maximum atomic E-state index is 12.2. The summed E-state index contributed by atoms with van der Waals surface area (Å²) in [5.41, 5.74) is 0.107. The molecule has 0 fully saturated rings. The maximum absolute atomic E-state index is 12.2. The van der Waals surface area contributed by atoms with Gasteiger partial charge in [-0.05, 0) is 30.2 Å². The first-order valence-electron chi connectivity index (χ1n) is 4.39. The predicted octanol–water partition coefficient (Wildman–Crippen LogP) is 3.19. The molecule has 1 aromatic carbocycles. The Morgan fingerprint density at radius 1 is 1.25 bits per heavy atom. The second-order valence-corrected chi connectivity index (χ2v) is 3.24. The lowest BCUT2D eigenvalue weighted by Gasteiger charge is -2.07. The maximum Gasteiger partial charge on any atom is 0.416 e. The van der Waals surface area contributed by atoms with Gasteiger partial charge in [0.15, 0.2) is 0 Å². The van der Waals surface area contributed by atoms with Gasteiger partial charge in [-0.1, -0.05) is 12.1 Å². The molecule has 16 heavy (non-hydrogen) atoms. The van der Waals surface area contributed by atoms with Crippen LogP contribution in [0.4, 0.5) is 13.2 Å². The van der Waals surface area contributed by atoms with Crippen LogP contribution < -0.4 is 0 Å². The molecule has 0 saturated carbocycles. The Bertz CT molecular complexity index is 416. The van der Waals surface area contributed by atoms with Crippen molar-refractivity contribution in [3.63, 3.8) is 0 Å². The van der Waals surface area contributed by atoms with Crippen LogP contribution in [0.3, 0.4) is 0 Å². The molecule has 1 aromatic rings. The van der Waals surface area contributed by atoms with E-state index in [2.05, 4.69) is 0 Å². The van der Waals surface area contributed by atoms with E-state index in [1.54, 1.807) is 0 Å². The number of benzene rings is 1. The molecular weight excluding hydrogens is 221 g/mol. The second kappa shape index (κ2) is 4.38. The zero-order valence-corrected chi connectivity index (χ0v) is 8.38. The first-order valence-corrected chi connectivity index (χ1v) is 4.39. The van der Waals surface area contributed by atoms with E-state index >= 15 is 0 Å². The molecule has 86 valence electrons. The summed E-state index contributed by atoms with van der Waals surface area (Å²) in [6.07, 6.45) is -3.43. The van der Waals surface area contributed by atoms with Crippen LogP contribution in [0.15, 0.2) is 30.3 Å². The Kier molecular flexibility index (Phi) is 3.37. The topological polar surface area (TPSA) is 37.3 Å². The fourth-order valence-corrected chi connectivity index (χ4v) is 1.19. The first-order chi connectivity index (χ1) is 7.30. The van der Waals surface area contributed by atoms with Gasteiger partial charge in [0, 0.05) is 6.08 Å². The summed E-state index contributed by atoms with van der Waals surface area (Å²) in [6, 6.07) is 4.35. The van der Waals surface area contributed by atoms with Gasteiger partial charge >= 0.3 is 12.1 Å². The summed E-state index contributed by atoms with van der Waals surface area (Å²) in [5.74, 6) is -1.13. The van der Waals surface area contributed by atoms with Crippen molar-refractivity contribution in [2.24, 2.45) is 0 Å². The Morgan fingerprint density at radius 3 is 2.12 bits per heavy atom. The first kappa shape index (κ1) is 12.3. The number of carboxylic acids is 1. The molecule has 0 radical (unpaired) electrons. The van der Waals surface area contributed by atoms with Gasteiger partial charge in [-0.3, -0.25) is 0 Å². The molecule has 5 heteroatoms. The zero-order chi connectivity index (χ0) is 12.3. The van der Waals surface area contributed by atoms with Crippen molar-refractivity contribution >= 4 is 11.5 Å². The van der Waals surface area contributed by atoms with Crippen molar-refractivity contribution in [1.82, 2.24) is 0 Å². The third-order valence-electron chi connectivity index (χ3n) is 2.01. The SMILES string of the molecule is C/C(=C\C(=O)O)c1ccc(C(F)(F)F)cc1. The minimum absolute atomic E-state index is 0.404. The van der Waals surface area contributed by atoms with Crippen LogP contribution in [0.25, 0.3) is 5.57 Å². The van der Waals surface area contributed by atoms with E-state index in [0.29, 0.717) is 11.1 Å². The molecule has 0 unspecified atom stereocenters. The predicted molar refractivity (Wildman–Crippen MR) is 52.7 cm³/mol. The third-order valence-corrected chi connectivity index (χ3v) is 2.01. The molecule has 0 heterocycles. The molecule has 2 nitrogen and oxygen atoms in total. The van der Waals surface area contributed by atoms with Crippen LogP contribution in [0.2, 0.25) is 0 Å². The van der Waals surface area contributed by atoms with Crippen LogP contribution in [0.5, 0.6) is 0 Å². The molecule has 0 spiro atoms. The van der Waals surface area contributed by atoms with Gasteiger partial charge in [0.2, 0.25) is 0 Å². The summed E-state index contributed by atoms with van der Waals surface area (Å²) in [5, 5.41) is 8.47. The number of hydrogen-bond donors (Lipinski definition) is 1. The fraction of sp³-hybridized carbons (Fsp3) is 0.182. The fourth-order valence-electron chi connectivity index (χ4n) is 1.19. The van der Waals surface area contributed by atoms with Gasteiger partial charge < -0.3 is 5.11 Å². The van der Waals surface area contributed by atoms with Gasteiger partial charge in [0.1, 0.15) is 0 Å². The van der Waals surface area contributed by atoms with E-state index in [-0.39, 0.29) is 0 Å². The molecular formula is C11H9F3O2. The van der Waals surface area contributed by atoms with Crippen LogP contribution in [-0.4, -0.2) is 11.1 Å². The number of hydrogen-bond acceptors (Lipinski definition) is 1. The van der Waals surface area contributed by atoms with E-state index in [1.165, 1.54) is 19.1 Å². The normalized spacial score (nSPS) is 12.6. The minimum atomic E-state index is -4.37. The smallest absolute Gasteiger partial charge is 0.416 e. The Morgan fingerprint density at radius 2 is 1.75 bits per heavy atom. The highest BCUT2D eigenvalue weighted by Gasteiger charge is 2.29. The monoisotopic (exact) mass is 230 g/mol. The van der Waals surface area contributed by atoms with Gasteiger partial charge in [-0.15, -0.1) is 0 Å². The highest BCUT2D eigenvalue weighted by atomic mass is 19.4. The number of halogens is 3. The standard InChI is InChI=1S/C11H9F3O2/c1-7(6-10(15)16)8-2-4-9(5-3-8)11(12,13)14/h2-6H,1H3,(H,15,16)/b7-6+. The number of alkyl halides is 3. The molecule has 0 bridgehead atoms. The molecule has 0 aliphatic heterocycles.